The summed E-state index contributed by atoms with van der Waals surface area (Å²) in [5, 5.41) is 0. The molecule has 9 heteroatoms. The number of likely N-dealkylation sites (tertiary alicyclic amines) is 1. The van der Waals surface area contributed by atoms with Gasteiger partial charge >= 0.3 is 12.2 Å². The summed E-state index contributed by atoms with van der Waals surface area (Å²) < 4.78 is 56.2. The summed E-state index contributed by atoms with van der Waals surface area (Å²) in [6.07, 6.45) is -1.30. The molecular weight excluding hydrogens is 366 g/mol. The minimum atomic E-state index is -4.40. The molecule has 1 aliphatic heterocycles. The molecule has 0 saturated carbocycles. The highest BCUT2D eigenvalue weighted by molar-refractivity contribution is 5.79. The van der Waals surface area contributed by atoms with E-state index in [2.05, 4.69) is 9.97 Å². The van der Waals surface area contributed by atoms with Crippen molar-refractivity contribution in [2.75, 3.05) is 13.1 Å². The molecule has 0 bridgehead atoms. The van der Waals surface area contributed by atoms with Crippen LogP contribution < -0.4 is 4.74 Å². The number of carbonyl (C=O) groups excluding carboxylic acids is 1. The third kappa shape index (κ3) is 5.15. The molecule has 2 aromatic rings. The van der Waals surface area contributed by atoms with Crippen LogP contribution in [-0.4, -0.2) is 40.0 Å². The second kappa shape index (κ2) is 7.89. The van der Waals surface area contributed by atoms with Crippen LogP contribution in [0, 0.1) is 5.82 Å². The van der Waals surface area contributed by atoms with Crippen molar-refractivity contribution < 1.29 is 27.1 Å². The van der Waals surface area contributed by atoms with Gasteiger partial charge in [0.25, 0.3) is 0 Å². The number of carbonyl (C=O) groups is 1. The van der Waals surface area contributed by atoms with Crippen LogP contribution in [0.5, 0.6) is 6.01 Å². The van der Waals surface area contributed by atoms with Crippen molar-refractivity contribution in [1.29, 1.82) is 0 Å². The molecule has 0 spiro atoms. The quantitative estimate of drug-likeness (QED) is 0.761. The summed E-state index contributed by atoms with van der Waals surface area (Å²) in [6, 6.07) is 4.60. The Bertz CT molecular complexity index is 779. The van der Waals surface area contributed by atoms with Crippen molar-refractivity contribution in [3.8, 4) is 6.01 Å². The van der Waals surface area contributed by atoms with Gasteiger partial charge in [-0.05, 0) is 30.5 Å². The fraction of sp³-hybridized carbons (Fsp3) is 0.389. The highest BCUT2D eigenvalue weighted by Gasteiger charge is 2.30. The van der Waals surface area contributed by atoms with Gasteiger partial charge in [0.05, 0.1) is 30.9 Å². The van der Waals surface area contributed by atoms with E-state index in [4.69, 9.17) is 4.74 Å². The van der Waals surface area contributed by atoms with E-state index in [1.165, 1.54) is 12.1 Å². The van der Waals surface area contributed by atoms with Gasteiger partial charge in [0.15, 0.2) is 5.82 Å². The van der Waals surface area contributed by atoms with E-state index in [9.17, 15) is 22.4 Å². The average molecular weight is 383 g/mol. The average Bonchev–Trinajstić information content (AvgIpc) is 2.63. The molecule has 1 aromatic carbocycles. The lowest BCUT2D eigenvalue weighted by Crippen LogP contribution is -2.45. The molecule has 0 unspecified atom stereocenters. The third-order valence-electron chi connectivity index (χ3n) is 4.24. The summed E-state index contributed by atoms with van der Waals surface area (Å²) in [6.45, 7) is 0.865. The van der Waals surface area contributed by atoms with Crippen LogP contribution >= 0.6 is 0 Å². The number of ether oxygens (including phenoxy) is 1. The lowest BCUT2D eigenvalue weighted by Gasteiger charge is -2.32. The molecule has 1 saturated heterocycles. The van der Waals surface area contributed by atoms with Crippen molar-refractivity contribution in [2.45, 2.75) is 31.5 Å². The highest BCUT2D eigenvalue weighted by atomic mass is 19.4. The van der Waals surface area contributed by atoms with E-state index in [0.717, 1.165) is 24.5 Å². The van der Waals surface area contributed by atoms with Gasteiger partial charge in [-0.2, -0.15) is 13.2 Å². The number of rotatable bonds is 4. The maximum absolute atomic E-state index is 12.8. The zero-order valence-corrected chi connectivity index (χ0v) is 14.2. The Morgan fingerprint density at radius 2 is 1.85 bits per heavy atom. The Labute approximate surface area is 153 Å². The summed E-state index contributed by atoms with van der Waals surface area (Å²) in [5.41, 5.74) is -0.234. The molecule has 27 heavy (non-hydrogen) atoms. The van der Waals surface area contributed by atoms with Crippen LogP contribution in [0.1, 0.15) is 24.0 Å². The van der Waals surface area contributed by atoms with Gasteiger partial charge in [-0.25, -0.2) is 14.4 Å². The van der Waals surface area contributed by atoms with Crippen LogP contribution in [0.3, 0.4) is 0 Å². The summed E-state index contributed by atoms with van der Waals surface area (Å²) in [5.74, 6) is -0.762. The van der Waals surface area contributed by atoms with E-state index >= 15 is 0 Å². The van der Waals surface area contributed by atoms with Gasteiger partial charge in [-0.3, -0.25) is 4.79 Å². The fourth-order valence-corrected chi connectivity index (χ4v) is 2.87. The van der Waals surface area contributed by atoms with Gasteiger partial charge in [0, 0.05) is 6.54 Å². The Balaban J connectivity index is 1.57. The Hall–Kier alpha value is -2.71. The summed E-state index contributed by atoms with van der Waals surface area (Å²) in [7, 11) is 0. The SMILES string of the molecule is O=C(Cc1ccc(C(F)(F)F)cc1)N1CCC[C@@H](Oc2ncc(F)cn2)C1. The minimum Gasteiger partial charge on any atom is -0.458 e. The van der Waals surface area contributed by atoms with Gasteiger partial charge in [0.2, 0.25) is 5.91 Å². The zero-order chi connectivity index (χ0) is 19.4. The molecule has 1 aromatic heterocycles. The molecule has 0 aliphatic carbocycles. The number of amides is 1. The number of nitrogens with zero attached hydrogens (tertiary/aromatic N) is 3. The van der Waals surface area contributed by atoms with Crippen LogP contribution in [0.25, 0.3) is 0 Å². The lowest BCUT2D eigenvalue weighted by atomic mass is 10.1. The van der Waals surface area contributed by atoms with Gasteiger partial charge < -0.3 is 9.64 Å². The fourth-order valence-electron chi connectivity index (χ4n) is 2.87. The number of hydrogen-bond acceptors (Lipinski definition) is 4. The van der Waals surface area contributed by atoms with Crippen LogP contribution in [0.4, 0.5) is 17.6 Å². The first-order valence-electron chi connectivity index (χ1n) is 8.39. The van der Waals surface area contributed by atoms with E-state index in [1.807, 2.05) is 0 Å². The van der Waals surface area contributed by atoms with Crippen molar-refractivity contribution >= 4 is 5.91 Å². The van der Waals surface area contributed by atoms with E-state index < -0.39 is 17.6 Å². The Morgan fingerprint density at radius 1 is 1.19 bits per heavy atom. The normalized spacial score (nSPS) is 17.6. The van der Waals surface area contributed by atoms with Gasteiger partial charge in [-0.15, -0.1) is 0 Å². The second-order valence-corrected chi connectivity index (χ2v) is 6.28. The molecule has 1 fully saturated rings. The molecular formula is C18H17F4N3O2. The second-order valence-electron chi connectivity index (χ2n) is 6.28. The van der Waals surface area contributed by atoms with Gasteiger partial charge in [0.1, 0.15) is 6.10 Å². The van der Waals surface area contributed by atoms with Crippen LogP contribution in [0.2, 0.25) is 0 Å². The molecule has 1 aliphatic rings. The molecule has 2 heterocycles. The standard InChI is InChI=1S/C18H17F4N3O2/c19-14-9-23-17(24-10-14)27-15-2-1-7-25(11-15)16(26)8-12-3-5-13(6-4-12)18(20,21)22/h3-6,9-10,15H,1-2,7-8,11H2/t15-/m1/s1. The number of hydrogen-bond donors (Lipinski definition) is 0. The van der Waals surface area contributed by atoms with Crippen LogP contribution in [0.15, 0.2) is 36.7 Å². The maximum atomic E-state index is 12.8. The third-order valence-corrected chi connectivity index (χ3v) is 4.24. The topological polar surface area (TPSA) is 55.3 Å². The number of benzene rings is 1. The van der Waals surface area contributed by atoms with Crippen molar-refractivity contribution in [1.82, 2.24) is 14.9 Å². The first-order valence-corrected chi connectivity index (χ1v) is 8.39. The number of aromatic nitrogens is 2. The molecule has 1 amide bonds. The number of alkyl halides is 3. The van der Waals surface area contributed by atoms with Gasteiger partial charge in [-0.1, -0.05) is 12.1 Å². The maximum Gasteiger partial charge on any atom is 0.416 e. The van der Waals surface area contributed by atoms with Crippen molar-refractivity contribution in [2.24, 2.45) is 0 Å². The van der Waals surface area contributed by atoms with Crippen LogP contribution in [-0.2, 0) is 17.4 Å². The van der Waals surface area contributed by atoms with Crippen molar-refractivity contribution in [3.05, 3.63) is 53.6 Å². The van der Waals surface area contributed by atoms with E-state index in [0.29, 0.717) is 31.5 Å². The molecule has 3 rings (SSSR count). The van der Waals surface area contributed by atoms with E-state index in [1.54, 1.807) is 4.90 Å². The predicted octanol–water partition coefficient (Wildman–Crippen LogP) is 3.25. The summed E-state index contributed by atoms with van der Waals surface area (Å²) in [4.78, 5) is 21.5. The first-order chi connectivity index (χ1) is 12.8. The molecule has 0 radical (unpaired) electrons. The van der Waals surface area contributed by atoms with Crippen molar-refractivity contribution in [3.63, 3.8) is 0 Å². The molecule has 5 nitrogen and oxygen atoms in total. The Morgan fingerprint density at radius 3 is 2.48 bits per heavy atom. The largest absolute Gasteiger partial charge is 0.458 e. The monoisotopic (exact) mass is 383 g/mol. The number of halogens is 4. The Kier molecular flexibility index (Phi) is 5.57. The number of piperidine rings is 1. The first kappa shape index (κ1) is 19.1. The highest BCUT2D eigenvalue weighted by Crippen LogP contribution is 2.29. The molecule has 1 atom stereocenters. The zero-order valence-electron chi connectivity index (χ0n) is 14.2. The molecule has 144 valence electrons. The molecule has 0 N–H and O–H groups in total. The smallest absolute Gasteiger partial charge is 0.416 e. The van der Waals surface area contributed by atoms with E-state index in [-0.39, 0.29) is 24.4 Å². The minimum absolute atomic E-state index is 0.0118. The summed E-state index contributed by atoms with van der Waals surface area (Å²) >= 11 is 0. The predicted molar refractivity (Wildman–Crippen MR) is 87.4 cm³/mol. The lowest BCUT2D eigenvalue weighted by molar-refractivity contribution is -0.137.